The maximum Gasteiger partial charge on any atom is 0.300 e. The van der Waals surface area contributed by atoms with Crippen LogP contribution in [0, 0.1) is 40.4 Å². The minimum Gasteiger partial charge on any atom is -0.481 e. The number of unbranched alkanes of at least 4 members (excludes halogenated alkanes) is 1. The summed E-state index contributed by atoms with van der Waals surface area (Å²) in [5.41, 5.74) is 2.30. The van der Waals surface area contributed by atoms with Gasteiger partial charge in [0.25, 0.3) is 5.97 Å². The number of hydrogen-bond acceptors (Lipinski definition) is 2. The predicted molar refractivity (Wildman–Crippen MR) is 140 cm³/mol. The molecule has 7 atom stereocenters. The Hall–Kier alpha value is -1.12. The topological polar surface area (TPSA) is 54.4 Å². The fraction of sp³-hybridized carbons (Fsp3) is 0.867. The molecular formula is C30H54O3. The van der Waals surface area contributed by atoms with E-state index in [4.69, 9.17) is 9.90 Å². The molecule has 3 aliphatic rings. The van der Waals surface area contributed by atoms with Crippen molar-refractivity contribution in [3.05, 3.63) is 11.6 Å². The molecule has 0 heterocycles. The van der Waals surface area contributed by atoms with E-state index in [1.54, 1.807) is 0 Å². The summed E-state index contributed by atoms with van der Waals surface area (Å²) >= 11 is 0. The summed E-state index contributed by atoms with van der Waals surface area (Å²) in [7, 11) is 0. The molecule has 2 saturated carbocycles. The molecule has 0 spiro atoms. The first-order chi connectivity index (χ1) is 15.5. The molecule has 0 radical (unpaired) electrons. The van der Waals surface area contributed by atoms with Crippen molar-refractivity contribution in [3.63, 3.8) is 0 Å². The van der Waals surface area contributed by atoms with Crippen LogP contribution in [0.3, 0.4) is 0 Å². The Kier molecular flexibility index (Phi) is 11.9. The van der Waals surface area contributed by atoms with Gasteiger partial charge >= 0.3 is 0 Å². The van der Waals surface area contributed by atoms with Crippen molar-refractivity contribution >= 4 is 11.8 Å². The number of allylic oxidation sites excluding steroid dienone is 2. The van der Waals surface area contributed by atoms with Gasteiger partial charge in [0.05, 0.1) is 0 Å². The second-order valence-corrected chi connectivity index (χ2v) is 11.3. The third-order valence-corrected chi connectivity index (χ3v) is 9.70. The highest BCUT2D eigenvalue weighted by molar-refractivity contribution is 5.91. The molecule has 3 nitrogen and oxygen atoms in total. The molecule has 0 aliphatic heterocycles. The van der Waals surface area contributed by atoms with E-state index >= 15 is 0 Å². The van der Waals surface area contributed by atoms with Gasteiger partial charge in [-0.3, -0.25) is 9.59 Å². The van der Waals surface area contributed by atoms with E-state index in [0.717, 1.165) is 49.4 Å². The maximum absolute atomic E-state index is 12.0. The highest BCUT2D eigenvalue weighted by atomic mass is 16.4. The molecule has 0 amide bonds. The summed E-state index contributed by atoms with van der Waals surface area (Å²) in [6, 6.07) is 0. The Bertz CT molecular complexity index is 661. The first-order valence-electron chi connectivity index (χ1n) is 13.9. The number of ketones is 1. The summed E-state index contributed by atoms with van der Waals surface area (Å²) in [6.45, 7) is 20.1. The minimum atomic E-state index is -0.833. The Labute approximate surface area is 205 Å². The monoisotopic (exact) mass is 462 g/mol. The Morgan fingerprint density at radius 2 is 1.76 bits per heavy atom. The number of aliphatic carboxylic acids is 1. The Morgan fingerprint density at radius 3 is 2.30 bits per heavy atom. The van der Waals surface area contributed by atoms with Crippen LogP contribution in [0.2, 0.25) is 0 Å². The second-order valence-electron chi connectivity index (χ2n) is 11.3. The lowest BCUT2D eigenvalue weighted by Crippen LogP contribution is -2.52. The first kappa shape index (κ1) is 29.9. The van der Waals surface area contributed by atoms with Crippen LogP contribution in [0.1, 0.15) is 127 Å². The predicted octanol–water partition coefficient (Wildman–Crippen LogP) is 8.71. The minimum absolute atomic E-state index is 0.307. The number of hydrogen-bond donors (Lipinski definition) is 1. The third-order valence-electron chi connectivity index (χ3n) is 9.70. The molecule has 1 N–H and O–H groups in total. The van der Waals surface area contributed by atoms with Gasteiger partial charge < -0.3 is 5.11 Å². The van der Waals surface area contributed by atoms with Gasteiger partial charge in [-0.05, 0) is 78.6 Å². The molecule has 0 aromatic rings. The van der Waals surface area contributed by atoms with Crippen molar-refractivity contribution in [2.45, 2.75) is 127 Å². The fourth-order valence-corrected chi connectivity index (χ4v) is 7.84. The van der Waals surface area contributed by atoms with Crippen LogP contribution < -0.4 is 0 Å². The number of carboxylic acid groups (broad SMARTS) is 1. The lowest BCUT2D eigenvalue weighted by molar-refractivity contribution is -0.134. The number of rotatable bonds is 6. The molecule has 7 unspecified atom stereocenters. The SMILES string of the molecule is CC.CC(=O)O.CCCCC(C)C(CC)C1(C)CCC2C(CCC3=CC(=O)CCC32C)C1C. The Morgan fingerprint density at radius 1 is 1.15 bits per heavy atom. The van der Waals surface area contributed by atoms with Crippen LogP contribution >= 0.6 is 0 Å². The maximum atomic E-state index is 12.0. The van der Waals surface area contributed by atoms with Gasteiger partial charge in [0.1, 0.15) is 0 Å². The average molecular weight is 463 g/mol. The van der Waals surface area contributed by atoms with Gasteiger partial charge in [0.15, 0.2) is 5.78 Å². The molecule has 3 aliphatic carbocycles. The summed E-state index contributed by atoms with van der Waals surface area (Å²) in [5.74, 6) is 3.72. The molecular weight excluding hydrogens is 408 g/mol. The van der Waals surface area contributed by atoms with E-state index in [2.05, 4.69) is 41.5 Å². The van der Waals surface area contributed by atoms with E-state index < -0.39 is 5.97 Å². The van der Waals surface area contributed by atoms with Crippen molar-refractivity contribution in [2.75, 3.05) is 0 Å². The normalized spacial score (nSPS) is 34.8. The molecule has 0 saturated heterocycles. The van der Waals surface area contributed by atoms with Crippen molar-refractivity contribution in [1.29, 1.82) is 0 Å². The number of carbonyl (C=O) groups is 2. The number of carboxylic acids is 1. The molecule has 0 bridgehead atoms. The standard InChI is InChI=1S/C26H44O.C2H4O2.C2H6/c1-7-9-10-18(3)23(8-2)25(5)16-14-24-22(19(25)4)12-11-20-17-21(27)13-15-26(20,24)6;1-2(3)4;1-2/h17-19,22-24H,7-16H2,1-6H3;1H3,(H,3,4);1-2H3. The zero-order valence-electron chi connectivity index (χ0n) is 23.3. The molecule has 3 rings (SSSR count). The summed E-state index contributed by atoms with van der Waals surface area (Å²) in [6.07, 6.45) is 14.6. The van der Waals surface area contributed by atoms with E-state index in [1.807, 2.05) is 19.9 Å². The van der Waals surface area contributed by atoms with Crippen molar-refractivity contribution < 1.29 is 14.7 Å². The smallest absolute Gasteiger partial charge is 0.300 e. The van der Waals surface area contributed by atoms with Crippen molar-refractivity contribution in [2.24, 2.45) is 40.4 Å². The van der Waals surface area contributed by atoms with E-state index in [-0.39, 0.29) is 0 Å². The lowest BCUT2D eigenvalue weighted by atomic mass is 9.44. The first-order valence-corrected chi connectivity index (χ1v) is 13.9. The molecule has 33 heavy (non-hydrogen) atoms. The molecule has 3 heteroatoms. The van der Waals surface area contributed by atoms with Crippen molar-refractivity contribution in [1.82, 2.24) is 0 Å². The van der Waals surface area contributed by atoms with Crippen LogP contribution in [-0.2, 0) is 9.59 Å². The molecule has 0 aromatic heterocycles. The average Bonchev–Trinajstić information content (AvgIpc) is 2.77. The number of carbonyl (C=O) groups excluding carboxylic acids is 1. The number of fused-ring (bicyclic) bond motifs is 3. The van der Waals surface area contributed by atoms with Gasteiger partial charge in [-0.15, -0.1) is 0 Å². The highest BCUT2D eigenvalue weighted by Crippen LogP contribution is 2.63. The van der Waals surface area contributed by atoms with E-state index in [1.165, 1.54) is 56.9 Å². The largest absolute Gasteiger partial charge is 0.481 e. The zero-order chi connectivity index (χ0) is 25.4. The van der Waals surface area contributed by atoms with Gasteiger partial charge in [-0.2, -0.15) is 0 Å². The van der Waals surface area contributed by atoms with Crippen LogP contribution in [0.4, 0.5) is 0 Å². The van der Waals surface area contributed by atoms with Gasteiger partial charge in [-0.25, -0.2) is 0 Å². The van der Waals surface area contributed by atoms with Crippen LogP contribution in [0.15, 0.2) is 11.6 Å². The Balaban J connectivity index is 0.000000820. The van der Waals surface area contributed by atoms with E-state index in [0.29, 0.717) is 16.6 Å². The molecule has 0 aromatic carbocycles. The van der Waals surface area contributed by atoms with Crippen LogP contribution in [-0.4, -0.2) is 16.9 Å². The lowest BCUT2D eigenvalue weighted by Gasteiger charge is -2.60. The highest BCUT2D eigenvalue weighted by Gasteiger charge is 2.55. The zero-order valence-corrected chi connectivity index (χ0v) is 23.3. The second kappa shape index (κ2) is 13.1. The van der Waals surface area contributed by atoms with Gasteiger partial charge in [-0.1, -0.05) is 86.6 Å². The van der Waals surface area contributed by atoms with Gasteiger partial charge in [0.2, 0.25) is 0 Å². The summed E-state index contributed by atoms with van der Waals surface area (Å²) in [4.78, 5) is 21.0. The third kappa shape index (κ3) is 6.73. The summed E-state index contributed by atoms with van der Waals surface area (Å²) < 4.78 is 0. The van der Waals surface area contributed by atoms with E-state index in [9.17, 15) is 4.79 Å². The fourth-order valence-electron chi connectivity index (χ4n) is 7.84. The quantitative estimate of drug-likeness (QED) is 0.429. The van der Waals surface area contributed by atoms with Gasteiger partial charge in [0, 0.05) is 13.3 Å². The summed E-state index contributed by atoms with van der Waals surface area (Å²) in [5, 5.41) is 7.42. The van der Waals surface area contributed by atoms with Crippen LogP contribution in [0.5, 0.6) is 0 Å². The molecule has 192 valence electrons. The van der Waals surface area contributed by atoms with Crippen molar-refractivity contribution in [3.8, 4) is 0 Å². The molecule has 2 fully saturated rings. The van der Waals surface area contributed by atoms with Crippen LogP contribution in [0.25, 0.3) is 0 Å².